The Labute approximate surface area is 189 Å². The van der Waals surface area contributed by atoms with E-state index in [1.165, 1.54) is 12.8 Å². The Morgan fingerprint density at radius 1 is 1.19 bits per heavy atom. The zero-order chi connectivity index (χ0) is 21.7. The first-order chi connectivity index (χ1) is 15.0. The molecule has 1 saturated heterocycles. The minimum atomic E-state index is 0.0252. The van der Waals surface area contributed by atoms with E-state index in [1.54, 1.807) is 6.08 Å². The quantitative estimate of drug-likeness (QED) is 0.492. The highest BCUT2D eigenvalue weighted by atomic mass is 35.5. The number of halogens is 1. The average molecular weight is 440 g/mol. The molecule has 5 heteroatoms. The fourth-order valence-electron chi connectivity index (χ4n) is 4.19. The van der Waals surface area contributed by atoms with Gasteiger partial charge in [0.15, 0.2) is 0 Å². The Morgan fingerprint density at radius 2 is 1.97 bits per heavy atom. The number of nitrogens with zero attached hydrogens (tertiary/aromatic N) is 1. The molecule has 2 aromatic rings. The summed E-state index contributed by atoms with van der Waals surface area (Å²) < 4.78 is 11.3. The molecule has 0 spiro atoms. The van der Waals surface area contributed by atoms with Crippen molar-refractivity contribution in [1.29, 1.82) is 0 Å². The maximum Gasteiger partial charge on any atom is 0.247 e. The van der Waals surface area contributed by atoms with Crippen LogP contribution in [0, 0.1) is 5.41 Å². The van der Waals surface area contributed by atoms with Crippen molar-refractivity contribution >= 4 is 23.6 Å². The van der Waals surface area contributed by atoms with Crippen LogP contribution in [0.4, 0.5) is 0 Å². The average Bonchev–Trinajstić information content (AvgIpc) is 3.29. The molecule has 1 aliphatic heterocycles. The van der Waals surface area contributed by atoms with Gasteiger partial charge in [-0.3, -0.25) is 4.79 Å². The summed E-state index contributed by atoms with van der Waals surface area (Å²) in [5.74, 6) is 0.869. The second-order valence-corrected chi connectivity index (χ2v) is 9.41. The fourth-order valence-corrected chi connectivity index (χ4v) is 4.39. The number of rotatable bonds is 8. The van der Waals surface area contributed by atoms with E-state index < -0.39 is 0 Å². The second kappa shape index (κ2) is 9.88. The highest BCUT2D eigenvalue weighted by Gasteiger charge is 2.34. The first-order valence-electron chi connectivity index (χ1n) is 11.1. The van der Waals surface area contributed by atoms with Crippen LogP contribution in [0.5, 0.6) is 5.75 Å². The molecule has 0 atom stereocenters. The molecule has 0 bridgehead atoms. The monoisotopic (exact) mass is 439 g/mol. The van der Waals surface area contributed by atoms with E-state index in [1.807, 2.05) is 47.4 Å². The molecule has 1 saturated carbocycles. The van der Waals surface area contributed by atoms with Gasteiger partial charge in [-0.05, 0) is 48.2 Å². The minimum Gasteiger partial charge on any atom is -0.493 e. The molecule has 164 valence electrons. The molecule has 0 radical (unpaired) electrons. The number of carbonyl (C=O) groups is 1. The number of amides is 1. The van der Waals surface area contributed by atoms with E-state index in [4.69, 9.17) is 21.1 Å². The van der Waals surface area contributed by atoms with Gasteiger partial charge in [0.25, 0.3) is 0 Å². The lowest BCUT2D eigenvalue weighted by Crippen LogP contribution is -2.44. The van der Waals surface area contributed by atoms with Crippen LogP contribution in [0.25, 0.3) is 6.08 Å². The summed E-state index contributed by atoms with van der Waals surface area (Å²) in [7, 11) is 0. The third kappa shape index (κ3) is 5.69. The number of hydrogen-bond donors (Lipinski definition) is 0. The second-order valence-electron chi connectivity index (χ2n) is 9.00. The maximum atomic E-state index is 13.2. The number of hydrogen-bond acceptors (Lipinski definition) is 3. The van der Waals surface area contributed by atoms with Gasteiger partial charge in [0.05, 0.1) is 19.8 Å². The van der Waals surface area contributed by atoms with Crippen molar-refractivity contribution < 1.29 is 14.3 Å². The van der Waals surface area contributed by atoms with Gasteiger partial charge in [0, 0.05) is 29.1 Å². The van der Waals surface area contributed by atoms with Crippen LogP contribution < -0.4 is 4.74 Å². The van der Waals surface area contributed by atoms with Crippen LogP contribution in [0.15, 0.2) is 54.6 Å². The van der Waals surface area contributed by atoms with Crippen molar-refractivity contribution in [2.75, 3.05) is 19.8 Å². The molecular formula is C26H30ClNO3. The number of carbonyl (C=O) groups excluding carboxylic acids is 1. The molecule has 0 N–H and O–H groups in total. The zero-order valence-electron chi connectivity index (χ0n) is 18.1. The number of ether oxygens (including phenoxy) is 2. The van der Waals surface area contributed by atoms with Gasteiger partial charge in [0.2, 0.25) is 5.91 Å². The third-order valence-electron chi connectivity index (χ3n) is 6.10. The van der Waals surface area contributed by atoms with Crippen molar-refractivity contribution in [1.82, 2.24) is 4.90 Å². The summed E-state index contributed by atoms with van der Waals surface area (Å²) in [6, 6.07) is 15.9. The Hall–Kier alpha value is -2.30. The minimum absolute atomic E-state index is 0.0252. The summed E-state index contributed by atoms with van der Waals surface area (Å²) >= 11 is 6.24. The molecule has 31 heavy (non-hydrogen) atoms. The molecule has 4 nitrogen and oxygen atoms in total. The molecule has 1 aliphatic carbocycles. The van der Waals surface area contributed by atoms with Crippen LogP contribution in [0.2, 0.25) is 5.02 Å². The largest absolute Gasteiger partial charge is 0.493 e. The molecule has 2 aliphatic rings. The predicted molar refractivity (Wildman–Crippen MR) is 124 cm³/mol. The van der Waals surface area contributed by atoms with Gasteiger partial charge in [-0.25, -0.2) is 0 Å². The van der Waals surface area contributed by atoms with E-state index in [2.05, 4.69) is 19.1 Å². The normalized spacial score (nSPS) is 18.1. The molecule has 0 aromatic heterocycles. The van der Waals surface area contributed by atoms with Gasteiger partial charge in [0.1, 0.15) is 5.75 Å². The summed E-state index contributed by atoms with van der Waals surface area (Å²) in [5, 5.41) is 0.648. The van der Waals surface area contributed by atoms with E-state index in [9.17, 15) is 4.79 Å². The van der Waals surface area contributed by atoms with Crippen LogP contribution in [-0.2, 0) is 16.1 Å². The SMILES string of the molecule is CC1(COc2cccc(CN(C(=O)C=Cc3ccccc3Cl)C3CCCC3)c2)COC1. The topological polar surface area (TPSA) is 38.8 Å². The van der Waals surface area contributed by atoms with E-state index in [-0.39, 0.29) is 17.4 Å². The zero-order valence-corrected chi connectivity index (χ0v) is 18.8. The molecule has 1 amide bonds. The molecule has 4 rings (SSSR count). The summed E-state index contributed by atoms with van der Waals surface area (Å²) in [6.45, 7) is 4.88. The Kier molecular flexibility index (Phi) is 6.99. The lowest BCUT2D eigenvalue weighted by Gasteiger charge is -2.37. The van der Waals surface area contributed by atoms with E-state index in [0.717, 1.165) is 42.9 Å². The maximum absolute atomic E-state index is 13.2. The number of benzene rings is 2. The Balaban J connectivity index is 1.46. The van der Waals surface area contributed by atoms with Crippen molar-refractivity contribution in [3.63, 3.8) is 0 Å². The standard InChI is InChI=1S/C26H30ClNO3/c1-26(17-30-18-26)19-31-23-11-6-7-20(15-23)16-28(22-9-3-4-10-22)25(29)14-13-21-8-2-5-12-24(21)27/h2,5-8,11-15,22H,3-4,9-10,16-19H2,1H3. The van der Waals surface area contributed by atoms with Crippen molar-refractivity contribution in [3.8, 4) is 5.75 Å². The van der Waals surface area contributed by atoms with Crippen molar-refractivity contribution in [2.24, 2.45) is 5.41 Å². The molecule has 1 heterocycles. The smallest absolute Gasteiger partial charge is 0.247 e. The highest BCUT2D eigenvalue weighted by molar-refractivity contribution is 6.32. The summed E-state index contributed by atoms with van der Waals surface area (Å²) in [4.78, 5) is 15.2. The first-order valence-corrected chi connectivity index (χ1v) is 11.4. The van der Waals surface area contributed by atoms with Gasteiger partial charge in [-0.15, -0.1) is 0 Å². The van der Waals surface area contributed by atoms with Gasteiger partial charge in [-0.2, -0.15) is 0 Å². The summed E-state index contributed by atoms with van der Waals surface area (Å²) in [6.07, 6.45) is 7.92. The molecule has 2 fully saturated rings. The first kappa shape index (κ1) is 21.9. The van der Waals surface area contributed by atoms with Crippen molar-refractivity contribution in [2.45, 2.75) is 45.2 Å². The van der Waals surface area contributed by atoms with Gasteiger partial charge < -0.3 is 14.4 Å². The lowest BCUT2D eigenvalue weighted by atomic mass is 9.90. The van der Waals surface area contributed by atoms with Crippen LogP contribution in [0.3, 0.4) is 0 Å². The van der Waals surface area contributed by atoms with Gasteiger partial charge in [-0.1, -0.05) is 61.7 Å². The highest BCUT2D eigenvalue weighted by Crippen LogP contribution is 2.29. The van der Waals surface area contributed by atoms with Gasteiger partial charge >= 0.3 is 0 Å². The van der Waals surface area contributed by atoms with E-state index >= 15 is 0 Å². The van der Waals surface area contributed by atoms with Crippen molar-refractivity contribution in [3.05, 3.63) is 70.8 Å². The molecule has 0 unspecified atom stereocenters. The molecular weight excluding hydrogens is 410 g/mol. The van der Waals surface area contributed by atoms with Crippen LogP contribution >= 0.6 is 11.6 Å². The fraction of sp³-hybridized carbons (Fsp3) is 0.423. The Morgan fingerprint density at radius 3 is 2.68 bits per heavy atom. The lowest BCUT2D eigenvalue weighted by molar-refractivity contribution is -0.128. The Bertz CT molecular complexity index is 932. The van der Waals surface area contributed by atoms with Crippen LogP contribution in [-0.4, -0.2) is 36.7 Å². The molecule has 2 aromatic carbocycles. The third-order valence-corrected chi connectivity index (χ3v) is 6.44. The van der Waals surface area contributed by atoms with E-state index in [0.29, 0.717) is 18.2 Å². The predicted octanol–water partition coefficient (Wildman–Crippen LogP) is 5.74. The summed E-state index contributed by atoms with van der Waals surface area (Å²) in [5.41, 5.74) is 2.04. The van der Waals surface area contributed by atoms with Crippen LogP contribution in [0.1, 0.15) is 43.7 Å².